The molecule has 2 amide bonds. The van der Waals surface area contributed by atoms with E-state index in [0.29, 0.717) is 12.1 Å². The van der Waals surface area contributed by atoms with E-state index in [0.717, 1.165) is 0 Å². The molecule has 0 bridgehead atoms. The Morgan fingerprint density at radius 1 is 1.33 bits per heavy atom. The van der Waals surface area contributed by atoms with Gasteiger partial charge < -0.3 is 20.1 Å². The van der Waals surface area contributed by atoms with Crippen LogP contribution in [0.25, 0.3) is 0 Å². The molecule has 7 nitrogen and oxygen atoms in total. The first kappa shape index (κ1) is 21.2. The molecule has 1 saturated heterocycles. The second kappa shape index (κ2) is 8.27. The van der Waals surface area contributed by atoms with E-state index >= 15 is 0 Å². The summed E-state index contributed by atoms with van der Waals surface area (Å²) in [5.41, 5.74) is 0.411. The topological polar surface area (TPSA) is 95.9 Å². The molecule has 1 heterocycles. The molecule has 2 rings (SSSR count). The second-order valence-electron chi connectivity index (χ2n) is 7.89. The fourth-order valence-corrected chi connectivity index (χ4v) is 3.23. The first-order valence-corrected chi connectivity index (χ1v) is 9.05. The van der Waals surface area contributed by atoms with Crippen molar-refractivity contribution in [3.63, 3.8) is 0 Å². The van der Waals surface area contributed by atoms with E-state index in [2.05, 4.69) is 5.32 Å². The van der Waals surface area contributed by atoms with Crippen LogP contribution < -0.4 is 5.32 Å². The molecule has 0 aromatic heterocycles. The van der Waals surface area contributed by atoms with Crippen LogP contribution in [0.3, 0.4) is 0 Å². The lowest BCUT2D eigenvalue weighted by atomic mass is 9.92. The maximum absolute atomic E-state index is 12.9. The maximum Gasteiger partial charge on any atom is 0.326 e. The molecule has 0 aliphatic carbocycles. The van der Waals surface area contributed by atoms with E-state index in [1.54, 1.807) is 6.07 Å². The predicted molar refractivity (Wildman–Crippen MR) is 102 cm³/mol. The van der Waals surface area contributed by atoms with Crippen molar-refractivity contribution in [2.24, 2.45) is 5.41 Å². The summed E-state index contributed by atoms with van der Waals surface area (Å²) in [4.78, 5) is 37.8. The normalized spacial score (nSPS) is 19.8. The number of nitrogens with zero attached hydrogens (tertiary/aromatic N) is 1. The van der Waals surface area contributed by atoms with Crippen molar-refractivity contribution in [2.75, 3.05) is 19.0 Å². The summed E-state index contributed by atoms with van der Waals surface area (Å²) < 4.78 is 5.21. The molecular formula is C19H25ClN2O5. The second-order valence-corrected chi connectivity index (χ2v) is 8.29. The molecule has 1 aromatic rings. The van der Waals surface area contributed by atoms with E-state index in [1.807, 2.05) is 20.8 Å². The summed E-state index contributed by atoms with van der Waals surface area (Å²) in [7, 11) is 1.48. The van der Waals surface area contributed by atoms with Crippen molar-refractivity contribution < 1.29 is 24.2 Å². The molecule has 148 valence electrons. The highest BCUT2D eigenvalue weighted by molar-refractivity contribution is 6.34. The minimum atomic E-state index is -1.09. The molecular weight excluding hydrogens is 372 g/mol. The molecule has 1 aliphatic heterocycles. The smallest absolute Gasteiger partial charge is 0.326 e. The Labute approximate surface area is 163 Å². The zero-order valence-electron chi connectivity index (χ0n) is 15.9. The summed E-state index contributed by atoms with van der Waals surface area (Å²) in [6.45, 7) is 6.03. The quantitative estimate of drug-likeness (QED) is 0.797. The molecule has 1 aliphatic rings. The summed E-state index contributed by atoms with van der Waals surface area (Å²) in [5.74, 6) is -1.76. The van der Waals surface area contributed by atoms with Gasteiger partial charge in [-0.05, 0) is 23.6 Å². The van der Waals surface area contributed by atoms with Crippen LogP contribution in [0, 0.1) is 5.41 Å². The fraction of sp³-hybridized carbons (Fsp3) is 0.526. The van der Waals surface area contributed by atoms with Crippen molar-refractivity contribution in [2.45, 2.75) is 45.8 Å². The third-order valence-corrected chi connectivity index (χ3v) is 4.64. The molecule has 1 fully saturated rings. The number of hydrogen-bond acceptors (Lipinski definition) is 4. The number of likely N-dealkylation sites (tertiary alicyclic amines) is 1. The van der Waals surface area contributed by atoms with Gasteiger partial charge in [0.15, 0.2) is 0 Å². The predicted octanol–water partition coefficient (Wildman–Crippen LogP) is 3.03. The molecule has 2 atom stereocenters. The minimum absolute atomic E-state index is 0.147. The molecule has 2 N–H and O–H groups in total. The number of carbonyl (C=O) groups excluding carboxylic acids is 2. The van der Waals surface area contributed by atoms with Gasteiger partial charge in [0.05, 0.1) is 16.7 Å². The average Bonchev–Trinajstić information content (AvgIpc) is 2.99. The SMILES string of the molecule is COC1CC(C(=O)O)N(C(=O)c2cc(NC(=O)CC(C)(C)C)ccc2Cl)C1. The number of ether oxygens (including phenoxy) is 1. The third-order valence-electron chi connectivity index (χ3n) is 4.31. The van der Waals surface area contributed by atoms with Gasteiger partial charge in [-0.25, -0.2) is 4.79 Å². The van der Waals surface area contributed by atoms with Gasteiger partial charge in [-0.15, -0.1) is 0 Å². The summed E-state index contributed by atoms with van der Waals surface area (Å²) >= 11 is 6.17. The molecule has 8 heteroatoms. The van der Waals surface area contributed by atoms with Crippen LogP contribution in [-0.2, 0) is 14.3 Å². The van der Waals surface area contributed by atoms with Crippen molar-refractivity contribution in [1.82, 2.24) is 4.90 Å². The highest BCUT2D eigenvalue weighted by atomic mass is 35.5. The van der Waals surface area contributed by atoms with Crippen LogP contribution in [0.1, 0.15) is 44.0 Å². The number of benzene rings is 1. The van der Waals surface area contributed by atoms with Gasteiger partial charge in [0.25, 0.3) is 5.91 Å². The van der Waals surface area contributed by atoms with Crippen molar-refractivity contribution in [3.8, 4) is 0 Å². The largest absolute Gasteiger partial charge is 0.480 e. The highest BCUT2D eigenvalue weighted by Crippen LogP contribution is 2.28. The van der Waals surface area contributed by atoms with Gasteiger partial charge >= 0.3 is 5.97 Å². The Kier molecular flexibility index (Phi) is 6.49. The van der Waals surface area contributed by atoms with Gasteiger partial charge in [-0.1, -0.05) is 32.4 Å². The van der Waals surface area contributed by atoms with Gasteiger partial charge in [0, 0.05) is 32.2 Å². The molecule has 0 radical (unpaired) electrons. The average molecular weight is 397 g/mol. The van der Waals surface area contributed by atoms with Crippen LogP contribution in [0.4, 0.5) is 5.69 Å². The minimum Gasteiger partial charge on any atom is -0.480 e. The Bertz CT molecular complexity index is 744. The van der Waals surface area contributed by atoms with Crippen molar-refractivity contribution in [1.29, 1.82) is 0 Å². The summed E-state index contributed by atoms with van der Waals surface area (Å²) in [6, 6.07) is 3.62. The number of aliphatic carboxylic acids is 1. The monoisotopic (exact) mass is 396 g/mol. The van der Waals surface area contributed by atoms with Crippen molar-refractivity contribution >= 4 is 35.1 Å². The van der Waals surface area contributed by atoms with Crippen LogP contribution in [-0.4, -0.2) is 53.6 Å². The Morgan fingerprint density at radius 2 is 2.00 bits per heavy atom. The molecule has 0 saturated carbocycles. The lowest BCUT2D eigenvalue weighted by molar-refractivity contribution is -0.141. The number of anilines is 1. The zero-order chi connectivity index (χ0) is 20.4. The number of nitrogens with one attached hydrogen (secondary N) is 1. The van der Waals surface area contributed by atoms with Gasteiger partial charge in [0.2, 0.25) is 5.91 Å². The Balaban J connectivity index is 2.23. The number of carboxylic acids is 1. The Hall–Kier alpha value is -2.12. The van der Waals surface area contributed by atoms with Crippen LogP contribution in [0.2, 0.25) is 5.02 Å². The third kappa shape index (κ3) is 5.43. The fourth-order valence-electron chi connectivity index (χ4n) is 3.04. The first-order chi connectivity index (χ1) is 12.5. The zero-order valence-corrected chi connectivity index (χ0v) is 16.7. The number of halogens is 1. The van der Waals surface area contributed by atoms with Gasteiger partial charge in [-0.3, -0.25) is 9.59 Å². The molecule has 2 unspecified atom stereocenters. The standard InChI is InChI=1S/C19H25ClN2O5/c1-19(2,3)9-16(23)21-11-5-6-14(20)13(7-11)17(24)22-10-12(27-4)8-15(22)18(25)26/h5-7,12,15H,8-10H2,1-4H3,(H,21,23)(H,25,26). The van der Waals surface area contributed by atoms with E-state index in [9.17, 15) is 19.5 Å². The van der Waals surface area contributed by atoms with Crippen LogP contribution in [0.15, 0.2) is 18.2 Å². The number of carbonyl (C=O) groups is 3. The van der Waals surface area contributed by atoms with E-state index < -0.39 is 17.9 Å². The van der Waals surface area contributed by atoms with Gasteiger partial charge in [-0.2, -0.15) is 0 Å². The molecule has 27 heavy (non-hydrogen) atoms. The molecule has 0 spiro atoms. The van der Waals surface area contributed by atoms with Crippen LogP contribution >= 0.6 is 11.6 Å². The lowest BCUT2D eigenvalue weighted by Gasteiger charge is -2.22. The maximum atomic E-state index is 12.9. The number of methoxy groups -OCH3 is 1. The number of rotatable bonds is 5. The van der Waals surface area contributed by atoms with Crippen molar-refractivity contribution in [3.05, 3.63) is 28.8 Å². The number of hydrogen-bond donors (Lipinski definition) is 2. The Morgan fingerprint density at radius 3 is 2.56 bits per heavy atom. The summed E-state index contributed by atoms with van der Waals surface area (Å²) in [6.07, 6.45) is 0.197. The van der Waals surface area contributed by atoms with Crippen LogP contribution in [0.5, 0.6) is 0 Å². The highest BCUT2D eigenvalue weighted by Gasteiger charge is 2.40. The number of carboxylic acid groups (broad SMARTS) is 1. The first-order valence-electron chi connectivity index (χ1n) is 8.68. The van der Waals surface area contributed by atoms with Gasteiger partial charge in [0.1, 0.15) is 6.04 Å². The lowest BCUT2D eigenvalue weighted by Crippen LogP contribution is -2.40. The molecule has 1 aromatic carbocycles. The van der Waals surface area contributed by atoms with E-state index in [-0.39, 0.29) is 41.0 Å². The van der Waals surface area contributed by atoms with E-state index in [4.69, 9.17) is 16.3 Å². The summed E-state index contributed by atoms with van der Waals surface area (Å²) in [5, 5.41) is 12.4. The number of amides is 2. The van der Waals surface area contributed by atoms with E-state index in [1.165, 1.54) is 24.1 Å².